The Morgan fingerprint density at radius 2 is 1.83 bits per heavy atom. The van der Waals surface area contributed by atoms with E-state index in [-0.39, 0.29) is 1.43 Å². The summed E-state index contributed by atoms with van der Waals surface area (Å²) in [5, 5.41) is 5.67. The number of thiophene rings is 1. The molecule has 132 valence electrons. The maximum Gasteiger partial charge on any atom is 0.0367 e. The number of hydrogen-bond donors (Lipinski definition) is 1. The molecule has 0 saturated carbocycles. The van der Waals surface area contributed by atoms with Gasteiger partial charge in [0.2, 0.25) is 0 Å². The zero-order valence-electron chi connectivity index (χ0n) is 14.7. The van der Waals surface area contributed by atoms with Crippen LogP contribution in [0.2, 0.25) is 0 Å². The summed E-state index contributed by atoms with van der Waals surface area (Å²) >= 11 is 1.82. The van der Waals surface area contributed by atoms with Gasteiger partial charge in [-0.1, -0.05) is 30.3 Å². The average Bonchev–Trinajstić information content (AvgIpc) is 3.14. The predicted octanol–water partition coefficient (Wildman–Crippen LogP) is 4.10. The molecule has 3 rings (SSSR count). The molecule has 0 radical (unpaired) electrons. The van der Waals surface area contributed by atoms with E-state index < -0.39 is 0 Å². The smallest absolute Gasteiger partial charge is 0.0367 e. The molecule has 1 fully saturated rings. The van der Waals surface area contributed by atoms with E-state index in [1.165, 1.54) is 10.6 Å². The van der Waals surface area contributed by atoms with E-state index in [1.54, 1.807) is 6.08 Å². The van der Waals surface area contributed by atoms with Crippen LogP contribution in [0.1, 0.15) is 13.2 Å². The maximum atomic E-state index is 3.53. The van der Waals surface area contributed by atoms with Gasteiger partial charge < -0.3 is 10.2 Å². The summed E-state index contributed by atoms with van der Waals surface area (Å²) in [5.41, 5.74) is 1.35. The first-order valence-corrected chi connectivity index (χ1v) is 9.54. The van der Waals surface area contributed by atoms with Crippen molar-refractivity contribution >= 4 is 17.0 Å². The fourth-order valence-corrected chi connectivity index (χ4v) is 3.40. The molecular weight excluding hydrogens is 314 g/mol. The number of nitrogens with zero attached hydrogens (tertiary/aromatic N) is 2. The number of piperazine rings is 1. The van der Waals surface area contributed by atoms with Gasteiger partial charge in [-0.2, -0.15) is 0 Å². The third-order valence-corrected chi connectivity index (χ3v) is 4.85. The molecule has 0 aliphatic carbocycles. The van der Waals surface area contributed by atoms with E-state index in [0.717, 1.165) is 45.8 Å². The molecule has 1 saturated heterocycles. The van der Waals surface area contributed by atoms with Gasteiger partial charge in [-0.15, -0.1) is 17.9 Å². The van der Waals surface area contributed by atoms with Gasteiger partial charge in [0.25, 0.3) is 0 Å². The number of hydrogen-bond acceptors (Lipinski definition) is 4. The monoisotopic (exact) mass is 345 g/mol. The highest BCUT2D eigenvalue weighted by atomic mass is 32.1. The lowest BCUT2D eigenvalue weighted by Gasteiger charge is -2.36. The van der Waals surface area contributed by atoms with Gasteiger partial charge >= 0.3 is 0 Å². The summed E-state index contributed by atoms with van der Waals surface area (Å²) < 4.78 is 0. The molecule has 24 heavy (non-hydrogen) atoms. The van der Waals surface area contributed by atoms with E-state index in [0.29, 0.717) is 0 Å². The second-order valence-corrected chi connectivity index (χ2v) is 6.86. The lowest BCUT2D eigenvalue weighted by Crippen LogP contribution is -2.48. The van der Waals surface area contributed by atoms with Gasteiger partial charge in [0, 0.05) is 57.8 Å². The van der Waals surface area contributed by atoms with Gasteiger partial charge in [0.1, 0.15) is 0 Å². The second kappa shape index (κ2) is 11.0. The Bertz CT molecular complexity index is 552. The molecular formula is C20H31N3S. The number of allylic oxidation sites excluding steroid dienone is 1. The quantitative estimate of drug-likeness (QED) is 0.628. The topological polar surface area (TPSA) is 18.5 Å². The lowest BCUT2D eigenvalue weighted by atomic mass is 10.2. The fraction of sp³-hybridized carbons (Fsp3) is 0.400. The van der Waals surface area contributed by atoms with Crippen LogP contribution in [0.4, 0.5) is 5.69 Å². The Labute approximate surface area is 152 Å². The van der Waals surface area contributed by atoms with E-state index >= 15 is 0 Å². The number of benzene rings is 1. The predicted molar refractivity (Wildman–Crippen MR) is 109 cm³/mol. The number of anilines is 1. The summed E-state index contributed by atoms with van der Waals surface area (Å²) in [7, 11) is 0. The van der Waals surface area contributed by atoms with Crippen LogP contribution in [0, 0.1) is 0 Å². The first-order chi connectivity index (χ1) is 11.8. The van der Waals surface area contributed by atoms with Crippen molar-refractivity contribution < 1.29 is 1.43 Å². The highest BCUT2D eigenvalue weighted by Gasteiger charge is 2.16. The van der Waals surface area contributed by atoms with Gasteiger partial charge in [0.05, 0.1) is 0 Å². The van der Waals surface area contributed by atoms with E-state index in [1.807, 2.05) is 18.3 Å². The molecule has 1 N–H and O–H groups in total. The summed E-state index contributed by atoms with van der Waals surface area (Å²) in [6, 6.07) is 15.0. The van der Waals surface area contributed by atoms with Crippen molar-refractivity contribution in [3.63, 3.8) is 0 Å². The number of nitrogens with one attached hydrogen (secondary N) is 1. The number of rotatable bonds is 6. The summed E-state index contributed by atoms with van der Waals surface area (Å²) in [6.45, 7) is 13.1. The fourth-order valence-electron chi connectivity index (χ4n) is 2.73. The van der Waals surface area contributed by atoms with Crippen molar-refractivity contribution in [1.82, 2.24) is 10.2 Å². The Morgan fingerprint density at radius 1 is 1.12 bits per heavy atom. The third kappa shape index (κ3) is 6.48. The molecule has 2 aromatic rings. The third-order valence-electron chi connectivity index (χ3n) is 3.98. The molecule has 0 unspecified atom stereocenters. The van der Waals surface area contributed by atoms with E-state index in [2.05, 4.69) is 69.5 Å². The largest absolute Gasteiger partial charge is 0.369 e. The standard InChI is InChI=1S/C17H23N3S.C3H6.H2/c1-2-5-16(6-3-1)20-12-10-19(11-13-20)9-8-18-15-17-7-4-14-21-17;1-3-2;/h1-7,14,18H,8-13,15H2;3H,1H2,2H3;1H. The molecule has 1 aliphatic heterocycles. The van der Waals surface area contributed by atoms with Gasteiger partial charge in [-0.05, 0) is 30.5 Å². The van der Waals surface area contributed by atoms with Crippen molar-refractivity contribution in [3.05, 3.63) is 65.4 Å². The highest BCUT2D eigenvalue weighted by Crippen LogP contribution is 2.15. The van der Waals surface area contributed by atoms with Crippen LogP contribution in [-0.2, 0) is 6.54 Å². The van der Waals surface area contributed by atoms with E-state index in [9.17, 15) is 0 Å². The molecule has 4 heteroatoms. The molecule has 1 aromatic carbocycles. The molecule has 2 heterocycles. The van der Waals surface area contributed by atoms with Gasteiger partial charge in [0.15, 0.2) is 0 Å². The van der Waals surface area contributed by atoms with Crippen LogP contribution in [-0.4, -0.2) is 44.2 Å². The lowest BCUT2D eigenvalue weighted by molar-refractivity contribution is 0.257. The summed E-state index contributed by atoms with van der Waals surface area (Å²) in [6.07, 6.45) is 1.75. The Hall–Kier alpha value is -1.62. The first kappa shape index (κ1) is 18.7. The van der Waals surface area contributed by atoms with Crippen molar-refractivity contribution in [3.8, 4) is 0 Å². The minimum Gasteiger partial charge on any atom is -0.369 e. The summed E-state index contributed by atoms with van der Waals surface area (Å²) in [5.74, 6) is 0. The van der Waals surface area contributed by atoms with Crippen molar-refractivity contribution in [2.75, 3.05) is 44.2 Å². The maximum absolute atomic E-state index is 3.53. The normalized spacial score (nSPS) is 14.8. The SMILES string of the molecule is C=CC.[HH].c1ccc(N2CCN(CCNCc3cccs3)CC2)cc1. The molecule has 0 atom stereocenters. The van der Waals surface area contributed by atoms with Crippen LogP contribution in [0.15, 0.2) is 60.5 Å². The van der Waals surface area contributed by atoms with Crippen molar-refractivity contribution in [2.24, 2.45) is 0 Å². The van der Waals surface area contributed by atoms with Gasteiger partial charge in [-0.25, -0.2) is 0 Å². The molecule has 0 bridgehead atoms. The van der Waals surface area contributed by atoms with Crippen LogP contribution in [0.5, 0.6) is 0 Å². The van der Waals surface area contributed by atoms with Crippen LogP contribution >= 0.6 is 11.3 Å². The van der Waals surface area contributed by atoms with Crippen molar-refractivity contribution in [2.45, 2.75) is 13.5 Å². The van der Waals surface area contributed by atoms with Gasteiger partial charge in [-0.3, -0.25) is 4.90 Å². The summed E-state index contributed by atoms with van der Waals surface area (Å²) in [4.78, 5) is 6.46. The average molecular weight is 346 g/mol. The van der Waals surface area contributed by atoms with Crippen LogP contribution < -0.4 is 10.2 Å². The van der Waals surface area contributed by atoms with Crippen LogP contribution in [0.25, 0.3) is 0 Å². The number of para-hydroxylation sites is 1. The molecule has 0 amide bonds. The molecule has 0 spiro atoms. The zero-order chi connectivity index (χ0) is 17.0. The van der Waals surface area contributed by atoms with E-state index in [4.69, 9.17) is 0 Å². The highest BCUT2D eigenvalue weighted by molar-refractivity contribution is 7.09. The first-order valence-electron chi connectivity index (χ1n) is 8.66. The zero-order valence-corrected chi connectivity index (χ0v) is 15.5. The second-order valence-electron chi connectivity index (χ2n) is 5.83. The minimum absolute atomic E-state index is 0. The van der Waals surface area contributed by atoms with Crippen LogP contribution in [0.3, 0.4) is 0 Å². The molecule has 3 nitrogen and oxygen atoms in total. The Kier molecular flexibility index (Phi) is 8.60. The molecule has 1 aliphatic rings. The minimum atomic E-state index is 0. The molecule has 1 aromatic heterocycles. The van der Waals surface area contributed by atoms with Crippen molar-refractivity contribution in [1.29, 1.82) is 0 Å². The Morgan fingerprint density at radius 3 is 2.46 bits per heavy atom. The Balaban J connectivity index is 0.000000730.